The number of ether oxygens (including phenoxy) is 1. The van der Waals surface area contributed by atoms with Crippen molar-refractivity contribution in [1.82, 2.24) is 5.43 Å². The monoisotopic (exact) mass is 232 g/mol. The molecule has 1 heterocycles. The van der Waals surface area contributed by atoms with Crippen LogP contribution < -0.4 is 16.0 Å². The topological polar surface area (TPSA) is 60.4 Å². The summed E-state index contributed by atoms with van der Waals surface area (Å²) in [6.45, 7) is 1.92. The summed E-state index contributed by atoms with van der Waals surface area (Å²) >= 11 is 0. The van der Waals surface area contributed by atoms with E-state index >= 15 is 0 Å². The minimum atomic E-state index is -0.0937. The van der Waals surface area contributed by atoms with Gasteiger partial charge in [-0.05, 0) is 30.7 Å². The van der Waals surface area contributed by atoms with Crippen LogP contribution in [0.5, 0.6) is 5.75 Å². The second-order valence-corrected chi connectivity index (χ2v) is 3.81. The Balaban J connectivity index is 2.38. The highest BCUT2D eigenvalue weighted by Crippen LogP contribution is 2.27. The lowest BCUT2D eigenvalue weighted by molar-refractivity contribution is 0.413. The van der Waals surface area contributed by atoms with Crippen molar-refractivity contribution in [2.75, 3.05) is 7.11 Å². The molecule has 1 unspecified atom stereocenters. The van der Waals surface area contributed by atoms with Gasteiger partial charge in [-0.15, -0.1) is 0 Å². The molecule has 0 saturated carbocycles. The van der Waals surface area contributed by atoms with E-state index in [1.165, 1.54) is 0 Å². The maximum atomic E-state index is 5.62. The number of furan rings is 1. The summed E-state index contributed by atoms with van der Waals surface area (Å²) in [5, 5.41) is 0. The van der Waals surface area contributed by atoms with Gasteiger partial charge in [-0.1, -0.05) is 12.1 Å². The van der Waals surface area contributed by atoms with Crippen molar-refractivity contribution in [3.8, 4) is 5.75 Å². The van der Waals surface area contributed by atoms with Crippen molar-refractivity contribution in [1.29, 1.82) is 0 Å². The summed E-state index contributed by atoms with van der Waals surface area (Å²) in [4.78, 5) is 0. The Labute approximate surface area is 100 Å². The quantitative estimate of drug-likeness (QED) is 0.626. The lowest BCUT2D eigenvalue weighted by Crippen LogP contribution is -2.29. The molecule has 4 nitrogen and oxygen atoms in total. The fourth-order valence-electron chi connectivity index (χ4n) is 1.88. The molecule has 2 rings (SSSR count). The standard InChI is InChI=1S/C13H16N2O2/c1-9-12(6-7-17-9)13(15-14)10-4-3-5-11(8-10)16-2/h3-8,13,15H,14H2,1-2H3. The van der Waals surface area contributed by atoms with E-state index in [2.05, 4.69) is 5.43 Å². The zero-order valence-electron chi connectivity index (χ0n) is 9.94. The molecule has 1 atom stereocenters. The fourth-order valence-corrected chi connectivity index (χ4v) is 1.88. The highest BCUT2D eigenvalue weighted by molar-refractivity contribution is 5.37. The second kappa shape index (κ2) is 5.03. The van der Waals surface area contributed by atoms with Gasteiger partial charge in [0.25, 0.3) is 0 Å². The van der Waals surface area contributed by atoms with Gasteiger partial charge in [0, 0.05) is 5.56 Å². The Bertz CT molecular complexity index is 494. The molecule has 2 aromatic rings. The number of nitrogens with one attached hydrogen (secondary N) is 1. The zero-order chi connectivity index (χ0) is 12.3. The first-order valence-electron chi connectivity index (χ1n) is 5.40. The molecule has 0 amide bonds. The van der Waals surface area contributed by atoms with E-state index in [1.807, 2.05) is 37.3 Å². The average Bonchev–Trinajstić information content (AvgIpc) is 2.77. The smallest absolute Gasteiger partial charge is 0.119 e. The first-order chi connectivity index (χ1) is 8.26. The number of methoxy groups -OCH3 is 1. The third-order valence-electron chi connectivity index (χ3n) is 2.80. The van der Waals surface area contributed by atoms with Crippen LogP contribution in [0.1, 0.15) is 22.9 Å². The van der Waals surface area contributed by atoms with Gasteiger partial charge in [0.2, 0.25) is 0 Å². The Morgan fingerprint density at radius 1 is 1.35 bits per heavy atom. The van der Waals surface area contributed by atoms with Crippen LogP contribution in [0.4, 0.5) is 0 Å². The third-order valence-corrected chi connectivity index (χ3v) is 2.80. The van der Waals surface area contributed by atoms with Gasteiger partial charge in [-0.3, -0.25) is 5.84 Å². The van der Waals surface area contributed by atoms with Crippen LogP contribution in [0.3, 0.4) is 0 Å². The van der Waals surface area contributed by atoms with Gasteiger partial charge in [-0.2, -0.15) is 0 Å². The van der Waals surface area contributed by atoms with E-state index in [4.69, 9.17) is 15.0 Å². The number of aryl methyl sites for hydroxylation is 1. The van der Waals surface area contributed by atoms with Crippen molar-refractivity contribution in [2.45, 2.75) is 13.0 Å². The maximum absolute atomic E-state index is 5.62. The van der Waals surface area contributed by atoms with Crippen LogP contribution in [0.2, 0.25) is 0 Å². The van der Waals surface area contributed by atoms with Crippen LogP contribution in [-0.2, 0) is 0 Å². The van der Waals surface area contributed by atoms with Crippen molar-refractivity contribution in [2.24, 2.45) is 5.84 Å². The molecule has 0 spiro atoms. The van der Waals surface area contributed by atoms with Crippen molar-refractivity contribution >= 4 is 0 Å². The molecule has 0 saturated heterocycles. The number of nitrogens with two attached hydrogens (primary N) is 1. The first-order valence-corrected chi connectivity index (χ1v) is 5.40. The molecule has 1 aromatic heterocycles. The lowest BCUT2D eigenvalue weighted by Gasteiger charge is -2.16. The summed E-state index contributed by atoms with van der Waals surface area (Å²) in [6, 6.07) is 9.62. The molecule has 4 heteroatoms. The van der Waals surface area contributed by atoms with Crippen LogP contribution in [-0.4, -0.2) is 7.11 Å². The molecule has 0 aliphatic rings. The number of hydrogen-bond donors (Lipinski definition) is 2. The van der Waals surface area contributed by atoms with Gasteiger partial charge in [0.1, 0.15) is 11.5 Å². The van der Waals surface area contributed by atoms with E-state index in [0.717, 1.165) is 22.6 Å². The van der Waals surface area contributed by atoms with Gasteiger partial charge in [0.05, 0.1) is 19.4 Å². The molecule has 0 radical (unpaired) electrons. The normalized spacial score (nSPS) is 12.4. The minimum Gasteiger partial charge on any atom is -0.497 e. The predicted molar refractivity (Wildman–Crippen MR) is 65.6 cm³/mol. The fraction of sp³-hybridized carbons (Fsp3) is 0.231. The molecule has 3 N–H and O–H groups in total. The van der Waals surface area contributed by atoms with Gasteiger partial charge < -0.3 is 9.15 Å². The third kappa shape index (κ3) is 2.33. The van der Waals surface area contributed by atoms with Crippen molar-refractivity contribution < 1.29 is 9.15 Å². The van der Waals surface area contributed by atoms with Gasteiger partial charge in [0.15, 0.2) is 0 Å². The Morgan fingerprint density at radius 3 is 2.76 bits per heavy atom. The molecular formula is C13H16N2O2. The maximum Gasteiger partial charge on any atom is 0.119 e. The van der Waals surface area contributed by atoms with E-state index in [-0.39, 0.29) is 6.04 Å². The molecule has 0 aliphatic carbocycles. The highest BCUT2D eigenvalue weighted by atomic mass is 16.5. The molecule has 0 aliphatic heterocycles. The van der Waals surface area contributed by atoms with Crippen LogP contribution in [0.15, 0.2) is 41.0 Å². The second-order valence-electron chi connectivity index (χ2n) is 3.81. The number of rotatable bonds is 4. The number of hydrazine groups is 1. The molecule has 0 fully saturated rings. The number of hydrogen-bond acceptors (Lipinski definition) is 4. The van der Waals surface area contributed by atoms with Crippen LogP contribution in [0.25, 0.3) is 0 Å². The molecule has 1 aromatic carbocycles. The van der Waals surface area contributed by atoms with Crippen molar-refractivity contribution in [3.63, 3.8) is 0 Å². The molecular weight excluding hydrogens is 216 g/mol. The lowest BCUT2D eigenvalue weighted by atomic mass is 10.00. The van der Waals surface area contributed by atoms with E-state index in [9.17, 15) is 0 Å². The Kier molecular flexibility index (Phi) is 3.46. The Morgan fingerprint density at radius 2 is 2.18 bits per heavy atom. The van der Waals surface area contributed by atoms with Gasteiger partial charge in [-0.25, -0.2) is 5.43 Å². The summed E-state index contributed by atoms with van der Waals surface area (Å²) in [5.74, 6) is 7.29. The van der Waals surface area contributed by atoms with Crippen molar-refractivity contribution in [3.05, 3.63) is 53.5 Å². The van der Waals surface area contributed by atoms with E-state index in [0.29, 0.717) is 0 Å². The number of benzene rings is 1. The van der Waals surface area contributed by atoms with E-state index in [1.54, 1.807) is 13.4 Å². The minimum absolute atomic E-state index is 0.0937. The molecule has 17 heavy (non-hydrogen) atoms. The zero-order valence-corrected chi connectivity index (χ0v) is 9.94. The van der Waals surface area contributed by atoms with Crippen LogP contribution in [0, 0.1) is 6.92 Å². The highest BCUT2D eigenvalue weighted by Gasteiger charge is 2.16. The summed E-state index contributed by atoms with van der Waals surface area (Å²) in [5.41, 5.74) is 4.86. The molecule has 0 bridgehead atoms. The Hall–Kier alpha value is -1.78. The molecule has 90 valence electrons. The predicted octanol–water partition coefficient (Wildman–Crippen LogP) is 2.15. The van der Waals surface area contributed by atoms with Gasteiger partial charge >= 0.3 is 0 Å². The van der Waals surface area contributed by atoms with E-state index < -0.39 is 0 Å². The summed E-state index contributed by atoms with van der Waals surface area (Å²) < 4.78 is 10.5. The largest absolute Gasteiger partial charge is 0.497 e. The SMILES string of the molecule is COc1cccc(C(NN)c2ccoc2C)c1. The summed E-state index contributed by atoms with van der Waals surface area (Å²) in [6.07, 6.45) is 1.66. The average molecular weight is 232 g/mol. The summed E-state index contributed by atoms with van der Waals surface area (Å²) in [7, 11) is 1.65. The van der Waals surface area contributed by atoms with Crippen LogP contribution >= 0.6 is 0 Å². The first kappa shape index (κ1) is 11.7.